The maximum Gasteiger partial charge on any atom is 0.0139 e. The van der Waals surface area contributed by atoms with Gasteiger partial charge in [0.05, 0.1) is 0 Å². The van der Waals surface area contributed by atoms with E-state index in [-0.39, 0.29) is 6.04 Å². The van der Waals surface area contributed by atoms with Crippen molar-refractivity contribution >= 4 is 11.8 Å². The van der Waals surface area contributed by atoms with Gasteiger partial charge in [0, 0.05) is 18.2 Å². The van der Waals surface area contributed by atoms with Gasteiger partial charge in [-0.25, -0.2) is 0 Å². The molecule has 0 aliphatic carbocycles. The van der Waals surface area contributed by atoms with Crippen molar-refractivity contribution in [2.75, 3.05) is 12.0 Å². The summed E-state index contributed by atoms with van der Waals surface area (Å²) in [7, 11) is 0. The molecule has 1 unspecified atom stereocenters. The first-order valence-corrected chi connectivity index (χ1v) is 4.38. The lowest BCUT2D eigenvalue weighted by molar-refractivity contribution is 0.693. The molecular weight excluding hydrogens is 130 g/mol. The summed E-state index contributed by atoms with van der Waals surface area (Å²) in [6.07, 6.45) is 8.87. The van der Waals surface area contributed by atoms with E-state index < -0.39 is 0 Å². The third-order valence-corrected chi connectivity index (χ3v) is 1.80. The highest BCUT2D eigenvalue weighted by Crippen LogP contribution is 2.00. The van der Waals surface area contributed by atoms with Crippen LogP contribution >= 0.6 is 11.8 Å². The minimum Gasteiger partial charge on any atom is -0.327 e. The molecule has 2 heteroatoms. The van der Waals surface area contributed by atoms with Crippen LogP contribution < -0.4 is 5.73 Å². The van der Waals surface area contributed by atoms with Gasteiger partial charge in [-0.15, -0.1) is 12.3 Å². The first-order valence-electron chi connectivity index (χ1n) is 2.99. The summed E-state index contributed by atoms with van der Waals surface area (Å²) in [5, 5.41) is 0. The second-order valence-electron chi connectivity index (χ2n) is 1.96. The van der Waals surface area contributed by atoms with Crippen LogP contribution in [-0.2, 0) is 0 Å². The third kappa shape index (κ3) is 5.75. The van der Waals surface area contributed by atoms with Gasteiger partial charge < -0.3 is 5.73 Å². The van der Waals surface area contributed by atoms with Gasteiger partial charge in [-0.1, -0.05) is 0 Å². The number of rotatable bonds is 4. The van der Waals surface area contributed by atoms with Crippen molar-refractivity contribution in [3.8, 4) is 12.3 Å². The van der Waals surface area contributed by atoms with Crippen molar-refractivity contribution in [2.45, 2.75) is 18.9 Å². The Morgan fingerprint density at radius 1 is 1.78 bits per heavy atom. The normalized spacial score (nSPS) is 12.6. The lowest BCUT2D eigenvalue weighted by atomic mass is 10.2. The molecule has 9 heavy (non-hydrogen) atoms. The van der Waals surface area contributed by atoms with E-state index >= 15 is 0 Å². The summed E-state index contributed by atoms with van der Waals surface area (Å²) in [4.78, 5) is 0. The molecule has 0 aromatic rings. The smallest absolute Gasteiger partial charge is 0.0139 e. The Morgan fingerprint density at radius 3 is 2.89 bits per heavy atom. The zero-order valence-corrected chi connectivity index (χ0v) is 6.58. The van der Waals surface area contributed by atoms with Crippen LogP contribution in [0.3, 0.4) is 0 Å². The molecule has 52 valence electrons. The van der Waals surface area contributed by atoms with Crippen molar-refractivity contribution in [3.05, 3.63) is 0 Å². The second-order valence-corrected chi connectivity index (χ2v) is 2.87. The van der Waals surface area contributed by atoms with Crippen molar-refractivity contribution < 1.29 is 0 Å². The standard InChI is InChI=1S/C7H13NS/c1-3-4-5-7(8)6-9-2/h1,7H,4-6,8H2,2H3. The van der Waals surface area contributed by atoms with E-state index in [1.54, 1.807) is 11.8 Å². The SMILES string of the molecule is C#CCCC(N)CSC. The topological polar surface area (TPSA) is 26.0 Å². The van der Waals surface area contributed by atoms with Crippen LogP contribution in [0, 0.1) is 12.3 Å². The minimum absolute atomic E-state index is 0.288. The maximum atomic E-state index is 5.65. The van der Waals surface area contributed by atoms with Crippen LogP contribution in [0.2, 0.25) is 0 Å². The molecule has 1 nitrogen and oxygen atoms in total. The van der Waals surface area contributed by atoms with Gasteiger partial charge in [0.15, 0.2) is 0 Å². The quantitative estimate of drug-likeness (QED) is 0.596. The summed E-state index contributed by atoms with van der Waals surface area (Å²) in [5.41, 5.74) is 5.65. The Balaban J connectivity index is 3.07. The number of terminal acetylenes is 1. The third-order valence-electron chi connectivity index (χ3n) is 1.04. The molecule has 0 radical (unpaired) electrons. The lowest BCUT2D eigenvalue weighted by Gasteiger charge is -2.05. The van der Waals surface area contributed by atoms with Crippen LogP contribution in [-0.4, -0.2) is 18.1 Å². The zero-order valence-electron chi connectivity index (χ0n) is 5.76. The van der Waals surface area contributed by atoms with Gasteiger partial charge in [-0.05, 0) is 12.7 Å². The van der Waals surface area contributed by atoms with E-state index in [0.717, 1.165) is 18.6 Å². The predicted octanol–water partition coefficient (Wildman–Crippen LogP) is 1.09. The summed E-state index contributed by atoms with van der Waals surface area (Å²) < 4.78 is 0. The molecule has 0 aliphatic heterocycles. The van der Waals surface area contributed by atoms with Crippen molar-refractivity contribution in [2.24, 2.45) is 5.73 Å². The Morgan fingerprint density at radius 2 is 2.44 bits per heavy atom. The van der Waals surface area contributed by atoms with E-state index in [2.05, 4.69) is 12.2 Å². The molecule has 0 spiro atoms. The molecule has 0 saturated carbocycles. The van der Waals surface area contributed by atoms with E-state index in [1.807, 2.05) is 0 Å². The molecule has 0 aliphatic rings. The fourth-order valence-corrected chi connectivity index (χ4v) is 1.16. The van der Waals surface area contributed by atoms with Crippen molar-refractivity contribution in [3.63, 3.8) is 0 Å². The van der Waals surface area contributed by atoms with Gasteiger partial charge >= 0.3 is 0 Å². The average Bonchev–Trinajstić information content (AvgIpc) is 1.85. The average molecular weight is 143 g/mol. The van der Waals surface area contributed by atoms with E-state index in [0.29, 0.717) is 0 Å². The van der Waals surface area contributed by atoms with Crippen LogP contribution in [0.15, 0.2) is 0 Å². The first kappa shape index (κ1) is 8.87. The van der Waals surface area contributed by atoms with Crippen LogP contribution in [0.25, 0.3) is 0 Å². The maximum absolute atomic E-state index is 5.65. The highest BCUT2D eigenvalue weighted by atomic mass is 32.2. The fraction of sp³-hybridized carbons (Fsp3) is 0.714. The van der Waals surface area contributed by atoms with Gasteiger partial charge in [-0.2, -0.15) is 11.8 Å². The Bertz CT molecular complexity index is 95.6. The lowest BCUT2D eigenvalue weighted by Crippen LogP contribution is -2.22. The molecule has 1 atom stereocenters. The van der Waals surface area contributed by atoms with Gasteiger partial charge in [0.2, 0.25) is 0 Å². The van der Waals surface area contributed by atoms with E-state index in [9.17, 15) is 0 Å². The van der Waals surface area contributed by atoms with Crippen LogP contribution in [0.1, 0.15) is 12.8 Å². The van der Waals surface area contributed by atoms with Gasteiger partial charge in [0.1, 0.15) is 0 Å². The molecule has 0 saturated heterocycles. The van der Waals surface area contributed by atoms with Gasteiger partial charge in [0.25, 0.3) is 0 Å². The molecular formula is C7H13NS. The highest BCUT2D eigenvalue weighted by Gasteiger charge is 1.97. The Hall–Kier alpha value is -0.130. The fourth-order valence-electron chi connectivity index (χ4n) is 0.566. The summed E-state index contributed by atoms with van der Waals surface area (Å²) in [6, 6.07) is 0.288. The molecule has 0 amide bonds. The first-order chi connectivity index (χ1) is 4.31. The molecule has 0 fully saturated rings. The molecule has 0 aromatic carbocycles. The predicted molar refractivity (Wildman–Crippen MR) is 44.4 cm³/mol. The summed E-state index contributed by atoms with van der Waals surface area (Å²) in [6.45, 7) is 0. The van der Waals surface area contributed by atoms with Crippen LogP contribution in [0.5, 0.6) is 0 Å². The highest BCUT2D eigenvalue weighted by molar-refractivity contribution is 7.98. The summed E-state index contributed by atoms with van der Waals surface area (Å²) in [5.74, 6) is 3.58. The number of hydrogen-bond acceptors (Lipinski definition) is 2. The molecule has 0 rings (SSSR count). The Labute approximate surface area is 61.4 Å². The monoisotopic (exact) mass is 143 g/mol. The second kappa shape index (κ2) is 6.00. The molecule has 0 heterocycles. The number of thioether (sulfide) groups is 1. The molecule has 0 aromatic heterocycles. The molecule has 2 N–H and O–H groups in total. The minimum atomic E-state index is 0.288. The summed E-state index contributed by atoms with van der Waals surface area (Å²) >= 11 is 1.77. The Kier molecular flexibility index (Phi) is 5.91. The van der Waals surface area contributed by atoms with E-state index in [1.165, 1.54) is 0 Å². The zero-order chi connectivity index (χ0) is 7.11. The molecule has 0 bridgehead atoms. The van der Waals surface area contributed by atoms with Crippen molar-refractivity contribution in [1.82, 2.24) is 0 Å². The number of nitrogens with two attached hydrogens (primary N) is 1. The number of hydrogen-bond donors (Lipinski definition) is 1. The van der Waals surface area contributed by atoms with Crippen molar-refractivity contribution in [1.29, 1.82) is 0 Å². The van der Waals surface area contributed by atoms with Crippen LogP contribution in [0.4, 0.5) is 0 Å². The largest absolute Gasteiger partial charge is 0.327 e. The van der Waals surface area contributed by atoms with E-state index in [4.69, 9.17) is 12.2 Å². The van der Waals surface area contributed by atoms with Gasteiger partial charge in [-0.3, -0.25) is 0 Å².